The van der Waals surface area contributed by atoms with Crippen LogP contribution in [0.15, 0.2) is 30.3 Å². The van der Waals surface area contributed by atoms with E-state index in [0.717, 1.165) is 22.6 Å². The van der Waals surface area contributed by atoms with Crippen molar-refractivity contribution < 1.29 is 9.90 Å². The summed E-state index contributed by atoms with van der Waals surface area (Å²) in [6.45, 7) is 5.02. The number of aliphatic hydroxyl groups is 1. The van der Waals surface area contributed by atoms with E-state index in [1.165, 1.54) is 0 Å². The molecule has 116 valence electrons. The van der Waals surface area contributed by atoms with E-state index in [4.69, 9.17) is 0 Å². The Labute approximate surface area is 130 Å². The van der Waals surface area contributed by atoms with Crippen LogP contribution in [0.25, 0.3) is 5.69 Å². The first-order valence-corrected chi connectivity index (χ1v) is 7.62. The van der Waals surface area contributed by atoms with Gasteiger partial charge in [-0.3, -0.25) is 4.79 Å². The highest BCUT2D eigenvalue weighted by molar-refractivity contribution is 5.79. The first-order valence-electron chi connectivity index (χ1n) is 7.62. The van der Waals surface area contributed by atoms with E-state index in [1.807, 2.05) is 48.9 Å². The summed E-state index contributed by atoms with van der Waals surface area (Å²) in [5, 5.41) is 14.1. The molecule has 1 saturated heterocycles. The minimum Gasteiger partial charge on any atom is -0.391 e. The average Bonchev–Trinajstić information content (AvgIpc) is 3.07. The number of para-hydroxylation sites is 1. The molecule has 0 saturated carbocycles. The van der Waals surface area contributed by atoms with Gasteiger partial charge < -0.3 is 10.0 Å². The number of aromatic nitrogens is 2. The summed E-state index contributed by atoms with van der Waals surface area (Å²) in [4.78, 5) is 14.1. The van der Waals surface area contributed by atoms with Crippen molar-refractivity contribution in [3.63, 3.8) is 0 Å². The molecule has 0 bridgehead atoms. The summed E-state index contributed by atoms with van der Waals surface area (Å²) in [6.07, 6.45) is 0.641. The van der Waals surface area contributed by atoms with Gasteiger partial charge in [0.15, 0.2) is 0 Å². The van der Waals surface area contributed by atoms with Crippen molar-refractivity contribution >= 4 is 5.91 Å². The number of aryl methyl sites for hydroxylation is 1. The lowest BCUT2D eigenvalue weighted by molar-refractivity contribution is -0.129. The first-order chi connectivity index (χ1) is 10.6. The third kappa shape index (κ3) is 2.76. The molecule has 3 rings (SSSR count). The summed E-state index contributed by atoms with van der Waals surface area (Å²) in [7, 11) is 0. The second-order valence-electron chi connectivity index (χ2n) is 5.86. The predicted molar refractivity (Wildman–Crippen MR) is 83.9 cm³/mol. The smallest absolute Gasteiger partial charge is 0.227 e. The van der Waals surface area contributed by atoms with Crippen LogP contribution >= 0.6 is 0 Å². The molecule has 1 N–H and O–H groups in total. The number of β-amino-alcohol motifs (C(OH)–C–C–N with tert-alkyl or cyclic N) is 1. The van der Waals surface area contributed by atoms with Crippen LogP contribution in [0.3, 0.4) is 0 Å². The molecule has 1 aliphatic heterocycles. The largest absolute Gasteiger partial charge is 0.391 e. The predicted octanol–water partition coefficient (Wildman–Crippen LogP) is 1.62. The number of benzene rings is 1. The molecule has 1 aliphatic rings. The normalized spacial score (nSPS) is 18.0. The fourth-order valence-corrected chi connectivity index (χ4v) is 2.98. The summed E-state index contributed by atoms with van der Waals surface area (Å²) in [5.74, 6) is 0.0651. The summed E-state index contributed by atoms with van der Waals surface area (Å²) < 4.78 is 1.89. The Morgan fingerprint density at radius 2 is 2.05 bits per heavy atom. The zero-order chi connectivity index (χ0) is 15.7. The van der Waals surface area contributed by atoms with Crippen LogP contribution in [0.2, 0.25) is 0 Å². The minimum atomic E-state index is -0.377. The highest BCUT2D eigenvalue weighted by Crippen LogP contribution is 2.20. The average molecular weight is 299 g/mol. The molecule has 1 aromatic carbocycles. The van der Waals surface area contributed by atoms with Gasteiger partial charge in [-0.1, -0.05) is 18.2 Å². The topological polar surface area (TPSA) is 58.4 Å². The molecule has 0 spiro atoms. The van der Waals surface area contributed by atoms with Crippen molar-refractivity contribution in [1.82, 2.24) is 14.7 Å². The molecule has 22 heavy (non-hydrogen) atoms. The van der Waals surface area contributed by atoms with Crippen molar-refractivity contribution in [2.24, 2.45) is 0 Å². The fourth-order valence-electron chi connectivity index (χ4n) is 2.98. The number of rotatable bonds is 3. The molecular weight excluding hydrogens is 278 g/mol. The lowest BCUT2D eigenvalue weighted by Crippen LogP contribution is -2.31. The Morgan fingerprint density at radius 3 is 2.68 bits per heavy atom. The van der Waals surface area contributed by atoms with E-state index in [0.29, 0.717) is 25.9 Å². The van der Waals surface area contributed by atoms with E-state index in [9.17, 15) is 9.90 Å². The van der Waals surface area contributed by atoms with Crippen LogP contribution < -0.4 is 0 Å². The number of carbonyl (C=O) groups is 1. The van der Waals surface area contributed by atoms with Crippen LogP contribution in [0.1, 0.15) is 23.4 Å². The lowest BCUT2D eigenvalue weighted by atomic mass is 10.1. The summed E-state index contributed by atoms with van der Waals surface area (Å²) in [6, 6.07) is 9.92. The second kappa shape index (κ2) is 5.93. The van der Waals surface area contributed by atoms with E-state index in [-0.39, 0.29) is 12.0 Å². The van der Waals surface area contributed by atoms with Crippen molar-refractivity contribution in [2.75, 3.05) is 13.1 Å². The lowest BCUT2D eigenvalue weighted by Gasteiger charge is -2.15. The third-order valence-electron chi connectivity index (χ3n) is 4.29. The molecule has 1 aromatic heterocycles. The maximum absolute atomic E-state index is 12.4. The van der Waals surface area contributed by atoms with Crippen LogP contribution in [-0.4, -0.2) is 44.9 Å². The highest BCUT2D eigenvalue weighted by atomic mass is 16.3. The zero-order valence-electron chi connectivity index (χ0n) is 13.0. The molecule has 1 amide bonds. The van der Waals surface area contributed by atoms with Gasteiger partial charge in [-0.15, -0.1) is 0 Å². The van der Waals surface area contributed by atoms with Gasteiger partial charge in [0, 0.05) is 24.3 Å². The van der Waals surface area contributed by atoms with Crippen LogP contribution in [0.5, 0.6) is 0 Å². The quantitative estimate of drug-likeness (QED) is 0.937. The van der Waals surface area contributed by atoms with Crippen LogP contribution in [0.4, 0.5) is 0 Å². The number of carbonyl (C=O) groups excluding carboxylic acids is 1. The van der Waals surface area contributed by atoms with Gasteiger partial charge in [0.2, 0.25) is 5.91 Å². The Balaban J connectivity index is 1.83. The minimum absolute atomic E-state index is 0.0651. The maximum Gasteiger partial charge on any atom is 0.227 e. The highest BCUT2D eigenvalue weighted by Gasteiger charge is 2.26. The van der Waals surface area contributed by atoms with E-state index >= 15 is 0 Å². The fraction of sp³-hybridized carbons (Fsp3) is 0.412. The van der Waals surface area contributed by atoms with E-state index < -0.39 is 0 Å². The number of likely N-dealkylation sites (tertiary alicyclic amines) is 1. The van der Waals surface area contributed by atoms with Crippen molar-refractivity contribution in [2.45, 2.75) is 32.8 Å². The second-order valence-corrected chi connectivity index (χ2v) is 5.86. The Hall–Kier alpha value is -2.14. The molecule has 2 aromatic rings. The van der Waals surface area contributed by atoms with E-state index in [2.05, 4.69) is 5.10 Å². The van der Waals surface area contributed by atoms with Gasteiger partial charge in [-0.25, -0.2) is 4.68 Å². The molecule has 0 radical (unpaired) electrons. The van der Waals surface area contributed by atoms with Gasteiger partial charge in [0.1, 0.15) is 0 Å². The maximum atomic E-state index is 12.4. The van der Waals surface area contributed by atoms with Gasteiger partial charge in [-0.2, -0.15) is 5.10 Å². The number of amides is 1. The SMILES string of the molecule is Cc1nn(-c2ccccc2)c(C)c1CC(=O)N1CC[C@@H](O)C1. The number of nitrogens with zero attached hydrogens (tertiary/aromatic N) is 3. The van der Waals surface area contributed by atoms with Gasteiger partial charge in [-0.05, 0) is 32.4 Å². The third-order valence-corrected chi connectivity index (χ3v) is 4.29. The Kier molecular flexibility index (Phi) is 3.98. The molecular formula is C17H21N3O2. The van der Waals surface area contributed by atoms with Crippen LogP contribution in [0, 0.1) is 13.8 Å². The molecule has 0 aliphatic carbocycles. The van der Waals surface area contributed by atoms with E-state index in [1.54, 1.807) is 4.90 Å². The van der Waals surface area contributed by atoms with Gasteiger partial charge in [0.05, 0.1) is 23.9 Å². The Bertz CT molecular complexity index is 679. The zero-order valence-corrected chi connectivity index (χ0v) is 13.0. The van der Waals surface area contributed by atoms with Crippen molar-refractivity contribution in [1.29, 1.82) is 0 Å². The molecule has 2 heterocycles. The standard InChI is InChI=1S/C17H21N3O2/c1-12-16(10-17(22)19-9-8-15(21)11-19)13(2)20(18-12)14-6-4-3-5-7-14/h3-7,15,21H,8-11H2,1-2H3/t15-/m1/s1. The van der Waals surface area contributed by atoms with Crippen molar-refractivity contribution in [3.05, 3.63) is 47.3 Å². The van der Waals surface area contributed by atoms with Crippen molar-refractivity contribution in [3.8, 4) is 5.69 Å². The summed E-state index contributed by atoms with van der Waals surface area (Å²) in [5.41, 5.74) is 3.86. The monoisotopic (exact) mass is 299 g/mol. The van der Waals surface area contributed by atoms with Gasteiger partial charge in [0.25, 0.3) is 0 Å². The molecule has 5 nitrogen and oxygen atoms in total. The first kappa shape index (κ1) is 14.8. The summed E-state index contributed by atoms with van der Waals surface area (Å²) >= 11 is 0. The van der Waals surface area contributed by atoms with Gasteiger partial charge >= 0.3 is 0 Å². The number of hydrogen-bond acceptors (Lipinski definition) is 3. The Morgan fingerprint density at radius 1 is 1.32 bits per heavy atom. The molecule has 5 heteroatoms. The number of aliphatic hydroxyl groups excluding tert-OH is 1. The van der Waals surface area contributed by atoms with Crippen LogP contribution in [-0.2, 0) is 11.2 Å². The molecule has 1 atom stereocenters. The number of hydrogen-bond donors (Lipinski definition) is 1. The molecule has 1 fully saturated rings. The molecule has 0 unspecified atom stereocenters.